The van der Waals surface area contributed by atoms with Crippen molar-refractivity contribution in [2.45, 2.75) is 19.3 Å². The molecule has 0 unspecified atom stereocenters. The Labute approximate surface area is 79.1 Å². The lowest BCUT2D eigenvalue weighted by Crippen LogP contribution is -1.94. The molecule has 0 bridgehead atoms. The van der Waals surface area contributed by atoms with Gasteiger partial charge < -0.3 is 10.1 Å². The van der Waals surface area contributed by atoms with E-state index in [9.17, 15) is 4.79 Å². The van der Waals surface area contributed by atoms with E-state index in [0.717, 1.165) is 15.3 Å². The summed E-state index contributed by atoms with van der Waals surface area (Å²) in [6.45, 7) is 0. The van der Waals surface area contributed by atoms with E-state index in [0.29, 0.717) is 6.42 Å². The van der Waals surface area contributed by atoms with Crippen LogP contribution in [0.4, 0.5) is 0 Å². The molecule has 5 heteroatoms. The standard InChI is InChI=1S/C7H9NO2S2/c9-6(10)3-1-2-5-4-8-7(11)12-5/h4H,1-3H2,(H,8,11)(H,9,10). The van der Waals surface area contributed by atoms with Crippen molar-refractivity contribution in [3.05, 3.63) is 15.0 Å². The highest BCUT2D eigenvalue weighted by Gasteiger charge is 1.99. The highest BCUT2D eigenvalue weighted by molar-refractivity contribution is 7.73. The maximum absolute atomic E-state index is 10.2. The van der Waals surface area contributed by atoms with Crippen LogP contribution in [0.25, 0.3) is 0 Å². The Morgan fingerprint density at radius 1 is 1.75 bits per heavy atom. The highest BCUT2D eigenvalue weighted by atomic mass is 32.1. The van der Waals surface area contributed by atoms with Crippen LogP contribution in [0.3, 0.4) is 0 Å². The maximum atomic E-state index is 10.2. The molecule has 0 fully saturated rings. The molecule has 1 heterocycles. The van der Waals surface area contributed by atoms with Crippen molar-refractivity contribution in [1.29, 1.82) is 0 Å². The average molecular weight is 203 g/mol. The first kappa shape index (κ1) is 9.41. The van der Waals surface area contributed by atoms with Gasteiger partial charge in [-0.25, -0.2) is 0 Å². The summed E-state index contributed by atoms with van der Waals surface area (Å²) in [7, 11) is 0. The Morgan fingerprint density at radius 3 is 3.00 bits per heavy atom. The third kappa shape index (κ3) is 3.15. The zero-order chi connectivity index (χ0) is 8.97. The number of hydrogen-bond donors (Lipinski definition) is 2. The van der Waals surface area contributed by atoms with E-state index in [-0.39, 0.29) is 6.42 Å². The predicted molar refractivity (Wildman–Crippen MR) is 50.1 cm³/mol. The van der Waals surface area contributed by atoms with Gasteiger partial charge in [0, 0.05) is 17.5 Å². The first-order valence-corrected chi connectivity index (χ1v) is 4.80. The van der Waals surface area contributed by atoms with Crippen LogP contribution in [0.1, 0.15) is 17.7 Å². The zero-order valence-corrected chi connectivity index (χ0v) is 8.00. The summed E-state index contributed by atoms with van der Waals surface area (Å²) in [4.78, 5) is 14.2. The molecule has 1 rings (SSSR count). The van der Waals surface area contributed by atoms with Gasteiger partial charge in [0.2, 0.25) is 0 Å². The molecule has 0 saturated heterocycles. The fourth-order valence-corrected chi connectivity index (χ4v) is 1.95. The molecule has 0 radical (unpaired) electrons. The maximum Gasteiger partial charge on any atom is 0.303 e. The smallest absolute Gasteiger partial charge is 0.303 e. The quantitative estimate of drug-likeness (QED) is 0.738. The van der Waals surface area contributed by atoms with E-state index in [2.05, 4.69) is 4.98 Å². The van der Waals surface area contributed by atoms with Gasteiger partial charge in [-0.3, -0.25) is 4.79 Å². The van der Waals surface area contributed by atoms with Crippen LogP contribution >= 0.6 is 23.6 Å². The molecule has 2 N–H and O–H groups in total. The fraction of sp³-hybridized carbons (Fsp3) is 0.429. The number of rotatable bonds is 4. The fourth-order valence-electron chi connectivity index (χ4n) is 0.854. The number of nitrogens with one attached hydrogen (secondary N) is 1. The van der Waals surface area contributed by atoms with Crippen molar-refractivity contribution in [2.75, 3.05) is 0 Å². The minimum atomic E-state index is -0.742. The van der Waals surface area contributed by atoms with Crippen molar-refractivity contribution < 1.29 is 9.90 Å². The van der Waals surface area contributed by atoms with Crippen molar-refractivity contribution in [3.8, 4) is 0 Å². The minimum absolute atomic E-state index is 0.227. The Balaban J connectivity index is 2.33. The van der Waals surface area contributed by atoms with Crippen LogP contribution in [0.5, 0.6) is 0 Å². The Kier molecular flexibility index (Phi) is 3.43. The molecule has 0 aromatic carbocycles. The Bertz CT molecular complexity index is 315. The Morgan fingerprint density at radius 2 is 2.50 bits per heavy atom. The number of H-pyrrole nitrogens is 1. The number of aliphatic carboxylic acids is 1. The van der Waals surface area contributed by atoms with Crippen LogP contribution in [-0.2, 0) is 11.2 Å². The summed E-state index contributed by atoms with van der Waals surface area (Å²) in [6.07, 6.45) is 3.54. The van der Waals surface area contributed by atoms with E-state index in [4.69, 9.17) is 17.3 Å². The molecule has 3 nitrogen and oxygen atoms in total. The topological polar surface area (TPSA) is 53.1 Å². The number of carboxylic acids is 1. The molecule has 1 aromatic rings. The van der Waals surface area contributed by atoms with Crippen molar-refractivity contribution in [2.24, 2.45) is 0 Å². The van der Waals surface area contributed by atoms with Crippen LogP contribution in [-0.4, -0.2) is 16.1 Å². The number of carboxylic acid groups (broad SMARTS) is 1. The predicted octanol–water partition coefficient (Wildman–Crippen LogP) is 2.21. The van der Waals surface area contributed by atoms with Gasteiger partial charge in [-0.15, -0.1) is 11.3 Å². The summed E-state index contributed by atoms with van der Waals surface area (Å²) in [5, 5.41) is 8.37. The first-order valence-electron chi connectivity index (χ1n) is 3.57. The lowest BCUT2D eigenvalue weighted by atomic mass is 10.2. The summed E-state index contributed by atoms with van der Waals surface area (Å²) < 4.78 is 0.750. The highest BCUT2D eigenvalue weighted by Crippen LogP contribution is 2.11. The van der Waals surface area contributed by atoms with Gasteiger partial charge in [0.05, 0.1) is 0 Å². The van der Waals surface area contributed by atoms with Crippen molar-refractivity contribution in [3.63, 3.8) is 0 Å². The molecule has 12 heavy (non-hydrogen) atoms. The third-order valence-corrected chi connectivity index (χ3v) is 2.64. The molecule has 0 saturated carbocycles. The largest absolute Gasteiger partial charge is 0.481 e. The van der Waals surface area contributed by atoms with Gasteiger partial charge in [0.15, 0.2) is 3.95 Å². The minimum Gasteiger partial charge on any atom is -0.481 e. The molecule has 0 aliphatic carbocycles. The second kappa shape index (κ2) is 4.37. The second-order valence-electron chi connectivity index (χ2n) is 2.39. The van der Waals surface area contributed by atoms with E-state index in [1.54, 1.807) is 0 Å². The van der Waals surface area contributed by atoms with Gasteiger partial charge >= 0.3 is 5.97 Å². The first-order chi connectivity index (χ1) is 5.68. The number of thiazole rings is 1. The van der Waals surface area contributed by atoms with Crippen LogP contribution in [0, 0.1) is 3.95 Å². The van der Waals surface area contributed by atoms with Crippen molar-refractivity contribution in [1.82, 2.24) is 4.98 Å². The van der Waals surface area contributed by atoms with Gasteiger partial charge in [-0.05, 0) is 25.1 Å². The van der Waals surface area contributed by atoms with Crippen molar-refractivity contribution >= 4 is 29.5 Å². The lowest BCUT2D eigenvalue weighted by Gasteiger charge is -1.92. The molecule has 66 valence electrons. The molecule has 0 spiro atoms. The SMILES string of the molecule is O=C(O)CCCc1c[nH]c(=S)s1. The zero-order valence-electron chi connectivity index (χ0n) is 6.37. The molecular formula is C7H9NO2S2. The third-order valence-electron chi connectivity index (χ3n) is 1.39. The molecule has 0 atom stereocenters. The van der Waals surface area contributed by atoms with Crippen LogP contribution in [0.2, 0.25) is 0 Å². The summed E-state index contributed by atoms with van der Waals surface area (Å²) >= 11 is 6.39. The average Bonchev–Trinajstić information content (AvgIpc) is 2.35. The number of carbonyl (C=O) groups is 1. The number of aromatic nitrogens is 1. The number of hydrogen-bond acceptors (Lipinski definition) is 3. The summed E-state index contributed by atoms with van der Waals surface area (Å²) in [5.74, 6) is -0.742. The van der Waals surface area contributed by atoms with Gasteiger partial charge in [0.25, 0.3) is 0 Å². The van der Waals surface area contributed by atoms with E-state index in [1.807, 2.05) is 6.20 Å². The van der Waals surface area contributed by atoms with Crippen LogP contribution in [0.15, 0.2) is 6.20 Å². The Hall–Kier alpha value is -0.680. The summed E-state index contributed by atoms with van der Waals surface area (Å²) in [6, 6.07) is 0. The summed E-state index contributed by atoms with van der Waals surface area (Å²) in [5.41, 5.74) is 0. The lowest BCUT2D eigenvalue weighted by molar-refractivity contribution is -0.137. The van der Waals surface area contributed by atoms with Gasteiger partial charge in [0.1, 0.15) is 0 Å². The van der Waals surface area contributed by atoms with E-state index >= 15 is 0 Å². The monoisotopic (exact) mass is 203 g/mol. The molecular weight excluding hydrogens is 194 g/mol. The number of aromatic amines is 1. The van der Waals surface area contributed by atoms with Gasteiger partial charge in [-0.2, -0.15) is 0 Å². The molecule has 0 aliphatic heterocycles. The second-order valence-corrected chi connectivity index (χ2v) is 4.20. The normalized spacial score (nSPS) is 10.0. The van der Waals surface area contributed by atoms with Crippen LogP contribution < -0.4 is 0 Å². The molecule has 0 amide bonds. The number of aryl methyl sites for hydroxylation is 1. The molecule has 0 aliphatic rings. The van der Waals surface area contributed by atoms with E-state index in [1.165, 1.54) is 11.3 Å². The molecule has 1 aromatic heterocycles. The van der Waals surface area contributed by atoms with E-state index < -0.39 is 5.97 Å². The van der Waals surface area contributed by atoms with Gasteiger partial charge in [-0.1, -0.05) is 0 Å².